The molecule has 1 aliphatic rings. The second-order valence-corrected chi connectivity index (χ2v) is 2.81. The lowest BCUT2D eigenvalue weighted by Crippen LogP contribution is -2.17. The van der Waals surface area contributed by atoms with Gasteiger partial charge in [-0.05, 0) is 0 Å². The highest BCUT2D eigenvalue weighted by molar-refractivity contribution is 7.13. The van der Waals surface area contributed by atoms with E-state index < -0.39 is 5.92 Å². The quantitative estimate of drug-likeness (QED) is 0.454. The minimum atomic E-state index is -2.43. The fraction of sp³-hybridized carbons (Fsp3) is 1.00. The predicted octanol–water partition coefficient (Wildman–Crippen LogP) is 1.12. The van der Waals surface area contributed by atoms with Crippen LogP contribution in [0.4, 0.5) is 8.78 Å². The van der Waals surface area contributed by atoms with Crippen LogP contribution in [-0.2, 0) is 0 Å². The van der Waals surface area contributed by atoms with Crippen molar-refractivity contribution in [2.75, 3.05) is 13.1 Å². The SMILES string of the molecule is FC1(F)CCN(P)C1. The number of nitrogens with zero attached hydrogens (tertiary/aromatic N) is 1. The molecule has 48 valence electrons. The molecule has 1 nitrogen and oxygen atoms in total. The Morgan fingerprint density at radius 2 is 2.12 bits per heavy atom. The van der Waals surface area contributed by atoms with Crippen molar-refractivity contribution in [3.8, 4) is 0 Å². The van der Waals surface area contributed by atoms with Crippen molar-refractivity contribution in [1.82, 2.24) is 4.67 Å². The first-order valence-electron chi connectivity index (χ1n) is 2.48. The molecule has 0 spiro atoms. The fourth-order valence-electron chi connectivity index (χ4n) is 0.762. The van der Waals surface area contributed by atoms with Gasteiger partial charge in [0.15, 0.2) is 0 Å². The monoisotopic (exact) mass is 139 g/mol. The van der Waals surface area contributed by atoms with Crippen LogP contribution in [0.15, 0.2) is 0 Å². The summed E-state index contributed by atoms with van der Waals surface area (Å²) in [5.41, 5.74) is 0. The fourth-order valence-corrected chi connectivity index (χ4v) is 1.16. The molecule has 0 amide bonds. The Bertz CT molecular complexity index is 96.0. The van der Waals surface area contributed by atoms with Crippen molar-refractivity contribution in [2.45, 2.75) is 12.3 Å². The zero-order valence-electron chi connectivity index (χ0n) is 4.40. The zero-order valence-corrected chi connectivity index (χ0v) is 5.56. The average Bonchev–Trinajstić information content (AvgIpc) is 1.82. The molecule has 1 heterocycles. The molecule has 0 aromatic carbocycles. The Balaban J connectivity index is 2.44. The summed E-state index contributed by atoms with van der Waals surface area (Å²) in [6, 6.07) is 0. The van der Waals surface area contributed by atoms with Crippen LogP contribution in [0.5, 0.6) is 0 Å². The topological polar surface area (TPSA) is 3.24 Å². The third-order valence-electron chi connectivity index (χ3n) is 1.20. The van der Waals surface area contributed by atoms with E-state index in [1.807, 2.05) is 0 Å². The number of halogens is 2. The molecule has 0 saturated carbocycles. The van der Waals surface area contributed by atoms with Gasteiger partial charge in [-0.15, -0.1) is 0 Å². The van der Waals surface area contributed by atoms with Crippen LogP contribution in [0, 0.1) is 0 Å². The van der Waals surface area contributed by atoms with Crippen LogP contribution >= 0.6 is 9.39 Å². The Kier molecular flexibility index (Phi) is 1.50. The lowest BCUT2D eigenvalue weighted by atomic mass is 10.3. The van der Waals surface area contributed by atoms with E-state index in [0.29, 0.717) is 6.54 Å². The summed E-state index contributed by atoms with van der Waals surface area (Å²) in [6.07, 6.45) is 0.0104. The van der Waals surface area contributed by atoms with Crippen LogP contribution < -0.4 is 0 Å². The van der Waals surface area contributed by atoms with E-state index in [9.17, 15) is 8.78 Å². The highest BCUT2D eigenvalue weighted by atomic mass is 31.0. The Hall–Kier alpha value is 0.250. The summed E-state index contributed by atoms with van der Waals surface area (Å²) < 4.78 is 25.8. The average molecular weight is 139 g/mol. The molecular weight excluding hydrogens is 131 g/mol. The summed E-state index contributed by atoms with van der Waals surface area (Å²) in [4.78, 5) is 0. The van der Waals surface area contributed by atoms with E-state index in [1.165, 1.54) is 0 Å². The van der Waals surface area contributed by atoms with Gasteiger partial charge in [0.05, 0.1) is 6.54 Å². The van der Waals surface area contributed by atoms with E-state index in [-0.39, 0.29) is 13.0 Å². The maximum atomic E-state index is 12.1. The first-order chi connectivity index (χ1) is 3.60. The van der Waals surface area contributed by atoms with Gasteiger partial charge < -0.3 is 0 Å². The Morgan fingerprint density at radius 3 is 2.25 bits per heavy atom. The highest BCUT2D eigenvalue weighted by Crippen LogP contribution is 2.28. The molecule has 4 heteroatoms. The first-order valence-corrected chi connectivity index (χ1v) is 2.99. The summed E-state index contributed by atoms with van der Waals surface area (Å²) in [5, 5.41) is 0. The molecule has 0 N–H and O–H groups in total. The van der Waals surface area contributed by atoms with Crippen LogP contribution in [-0.4, -0.2) is 23.7 Å². The molecule has 8 heavy (non-hydrogen) atoms. The summed E-state index contributed by atoms with van der Waals surface area (Å²) in [5.74, 6) is -2.43. The molecule has 0 aliphatic carbocycles. The molecule has 1 rings (SSSR count). The van der Waals surface area contributed by atoms with Crippen molar-refractivity contribution in [1.29, 1.82) is 0 Å². The number of alkyl halides is 2. The van der Waals surface area contributed by atoms with Crippen molar-refractivity contribution in [3.63, 3.8) is 0 Å². The summed E-state index contributed by atoms with van der Waals surface area (Å²) in [7, 11) is 2.27. The van der Waals surface area contributed by atoms with Crippen LogP contribution in [0.3, 0.4) is 0 Å². The van der Waals surface area contributed by atoms with E-state index in [1.54, 1.807) is 4.67 Å². The van der Waals surface area contributed by atoms with Gasteiger partial charge in [-0.1, -0.05) is 9.39 Å². The van der Waals surface area contributed by atoms with Gasteiger partial charge in [0, 0.05) is 13.0 Å². The molecule has 0 bridgehead atoms. The maximum Gasteiger partial charge on any atom is 0.262 e. The second-order valence-electron chi connectivity index (χ2n) is 2.08. The minimum Gasteiger partial charge on any atom is -0.281 e. The molecule has 1 aliphatic heterocycles. The predicted molar refractivity (Wildman–Crippen MR) is 30.8 cm³/mol. The molecule has 0 aromatic heterocycles. The van der Waals surface area contributed by atoms with Gasteiger partial charge in [-0.3, -0.25) is 4.67 Å². The van der Waals surface area contributed by atoms with Crippen molar-refractivity contribution in [2.24, 2.45) is 0 Å². The lowest BCUT2D eigenvalue weighted by molar-refractivity contribution is 0.0190. The smallest absolute Gasteiger partial charge is 0.262 e. The molecular formula is C4H8F2NP. The van der Waals surface area contributed by atoms with Gasteiger partial charge in [0.2, 0.25) is 0 Å². The molecule has 1 atom stereocenters. The van der Waals surface area contributed by atoms with E-state index in [2.05, 4.69) is 9.39 Å². The third-order valence-corrected chi connectivity index (χ3v) is 1.64. The number of rotatable bonds is 0. The Morgan fingerprint density at radius 1 is 1.50 bits per heavy atom. The van der Waals surface area contributed by atoms with Gasteiger partial charge in [0.1, 0.15) is 0 Å². The molecule has 1 unspecified atom stereocenters. The van der Waals surface area contributed by atoms with Crippen molar-refractivity contribution in [3.05, 3.63) is 0 Å². The van der Waals surface area contributed by atoms with Gasteiger partial charge in [0.25, 0.3) is 5.92 Å². The zero-order chi connectivity index (χ0) is 6.20. The standard InChI is InChI=1S/C4H8F2NP/c5-4(6)1-2-7(8)3-4/h1-3,8H2. The van der Waals surface area contributed by atoms with Gasteiger partial charge in [-0.2, -0.15) is 0 Å². The molecule has 0 aromatic rings. The summed E-state index contributed by atoms with van der Waals surface area (Å²) in [6.45, 7) is 0.398. The second kappa shape index (κ2) is 1.89. The van der Waals surface area contributed by atoms with Crippen LogP contribution in [0.1, 0.15) is 6.42 Å². The lowest BCUT2D eigenvalue weighted by Gasteiger charge is -2.06. The molecule has 1 fully saturated rings. The summed E-state index contributed by atoms with van der Waals surface area (Å²) >= 11 is 0. The van der Waals surface area contributed by atoms with Crippen LogP contribution in [0.2, 0.25) is 0 Å². The van der Waals surface area contributed by atoms with Crippen molar-refractivity contribution < 1.29 is 8.78 Å². The van der Waals surface area contributed by atoms with E-state index >= 15 is 0 Å². The van der Waals surface area contributed by atoms with Crippen LogP contribution in [0.25, 0.3) is 0 Å². The molecule has 1 saturated heterocycles. The number of hydrogen-bond donors (Lipinski definition) is 0. The number of hydrogen-bond acceptors (Lipinski definition) is 1. The maximum absolute atomic E-state index is 12.1. The first kappa shape index (κ1) is 6.37. The van der Waals surface area contributed by atoms with E-state index in [4.69, 9.17) is 0 Å². The molecule has 0 radical (unpaired) electrons. The van der Waals surface area contributed by atoms with Gasteiger partial charge >= 0.3 is 0 Å². The van der Waals surface area contributed by atoms with Gasteiger partial charge in [-0.25, -0.2) is 8.78 Å². The Labute approximate surface area is 49.3 Å². The minimum absolute atomic E-state index is 0.0104. The normalized spacial score (nSPS) is 28.9. The third kappa shape index (κ3) is 1.36. The van der Waals surface area contributed by atoms with Crippen molar-refractivity contribution >= 4 is 9.39 Å². The highest BCUT2D eigenvalue weighted by Gasteiger charge is 2.36. The largest absolute Gasteiger partial charge is 0.281 e. The van der Waals surface area contributed by atoms with E-state index in [0.717, 1.165) is 0 Å².